The van der Waals surface area contributed by atoms with Crippen LogP contribution >= 0.6 is 23.2 Å². The molecule has 1 saturated heterocycles. The molecule has 9 heteroatoms. The van der Waals surface area contributed by atoms with Gasteiger partial charge >= 0.3 is 11.9 Å². The number of carbonyl (C=O) groups is 2. The number of benzene rings is 1. The summed E-state index contributed by atoms with van der Waals surface area (Å²) in [6.45, 7) is 8.42. The highest BCUT2D eigenvalue weighted by atomic mass is 35.5. The van der Waals surface area contributed by atoms with Crippen LogP contribution in [-0.2, 0) is 32.0 Å². The molecule has 0 saturated carbocycles. The largest absolute Gasteiger partial charge is 0.465 e. The number of esters is 2. The topological polar surface area (TPSA) is 73.7 Å². The van der Waals surface area contributed by atoms with E-state index in [0.29, 0.717) is 29.4 Å². The molecule has 7 nitrogen and oxygen atoms in total. The average molecular weight is 482 g/mol. The van der Waals surface area contributed by atoms with Crippen LogP contribution in [-0.4, -0.2) is 51.3 Å². The van der Waals surface area contributed by atoms with Crippen molar-refractivity contribution in [2.45, 2.75) is 65.4 Å². The number of hydrogen-bond donors (Lipinski definition) is 0. The summed E-state index contributed by atoms with van der Waals surface area (Å²) in [6, 6.07) is 4.18. The van der Waals surface area contributed by atoms with E-state index in [-0.39, 0.29) is 24.5 Å². The normalized spacial score (nSPS) is 19.9. The summed E-state index contributed by atoms with van der Waals surface area (Å²) >= 11 is 12.3. The van der Waals surface area contributed by atoms with E-state index >= 15 is 0 Å². The van der Waals surface area contributed by atoms with Crippen molar-refractivity contribution >= 4 is 35.1 Å². The molecule has 0 radical (unpaired) electrons. The van der Waals surface area contributed by atoms with Crippen LogP contribution in [0.5, 0.6) is 0 Å². The van der Waals surface area contributed by atoms with Crippen molar-refractivity contribution in [3.8, 4) is 0 Å². The molecule has 0 N–H and O–H groups in total. The predicted octanol–water partition coefficient (Wildman–Crippen LogP) is 4.33. The first-order chi connectivity index (χ1) is 15.2. The summed E-state index contributed by atoms with van der Waals surface area (Å²) in [5.74, 6) is -0.446. The summed E-state index contributed by atoms with van der Waals surface area (Å²) in [7, 11) is 0. The summed E-state index contributed by atoms with van der Waals surface area (Å²) < 4.78 is 12.8. The lowest BCUT2D eigenvalue weighted by molar-refractivity contribution is -0.153. The molecule has 0 spiro atoms. The van der Waals surface area contributed by atoms with Crippen LogP contribution in [0.4, 0.5) is 0 Å². The van der Waals surface area contributed by atoms with Gasteiger partial charge in [0.1, 0.15) is 12.1 Å². The maximum atomic E-state index is 12.8. The SMILES string of the molecule is CCOC(=O)[C@H](CC(C)C)N1C(C)OC(=O)C1Cc1cncn1Cc1cc(Cl)cc(Cl)c1. The van der Waals surface area contributed by atoms with Crippen molar-refractivity contribution in [2.24, 2.45) is 5.92 Å². The third-order valence-corrected chi connectivity index (χ3v) is 5.86. The van der Waals surface area contributed by atoms with E-state index in [1.807, 2.05) is 35.4 Å². The van der Waals surface area contributed by atoms with Gasteiger partial charge in [0.05, 0.1) is 12.9 Å². The lowest BCUT2D eigenvalue weighted by Gasteiger charge is -2.32. The first kappa shape index (κ1) is 24.6. The molecule has 2 heterocycles. The molecule has 3 atom stereocenters. The van der Waals surface area contributed by atoms with Crippen molar-refractivity contribution in [1.29, 1.82) is 0 Å². The van der Waals surface area contributed by atoms with Crippen LogP contribution in [0.15, 0.2) is 30.7 Å². The van der Waals surface area contributed by atoms with Crippen LogP contribution in [0.1, 0.15) is 45.4 Å². The minimum Gasteiger partial charge on any atom is -0.465 e. The standard InChI is InChI=1S/C23H29Cl2N3O4/c1-5-31-22(29)20(6-14(2)3)28-15(4)32-23(30)21(28)10-19-11-26-13-27(19)12-16-7-17(24)9-18(25)8-16/h7-9,11,13-15,20-21H,5-6,10,12H2,1-4H3/t15?,20-,21?/m0/s1. The predicted molar refractivity (Wildman–Crippen MR) is 123 cm³/mol. The number of halogens is 2. The lowest BCUT2D eigenvalue weighted by atomic mass is 9.99. The summed E-state index contributed by atoms with van der Waals surface area (Å²) in [4.78, 5) is 31.6. The van der Waals surface area contributed by atoms with Crippen molar-refractivity contribution in [3.05, 3.63) is 52.0 Å². The molecule has 3 rings (SSSR count). The maximum absolute atomic E-state index is 12.8. The second-order valence-corrected chi connectivity index (χ2v) is 9.26. The monoisotopic (exact) mass is 481 g/mol. The van der Waals surface area contributed by atoms with Crippen molar-refractivity contribution < 1.29 is 19.1 Å². The number of ether oxygens (including phenoxy) is 2. The van der Waals surface area contributed by atoms with E-state index in [0.717, 1.165) is 11.3 Å². The molecule has 1 aromatic heterocycles. The summed E-state index contributed by atoms with van der Waals surface area (Å²) in [5, 5.41) is 1.11. The third kappa shape index (κ3) is 5.82. The highest BCUT2D eigenvalue weighted by molar-refractivity contribution is 6.34. The fourth-order valence-corrected chi connectivity index (χ4v) is 4.70. The van der Waals surface area contributed by atoms with E-state index in [9.17, 15) is 9.59 Å². The van der Waals surface area contributed by atoms with E-state index in [1.165, 1.54) is 0 Å². The smallest absolute Gasteiger partial charge is 0.325 e. The highest BCUT2D eigenvalue weighted by Crippen LogP contribution is 2.28. The number of carbonyl (C=O) groups excluding carboxylic acids is 2. The van der Waals surface area contributed by atoms with Gasteiger partial charge in [-0.15, -0.1) is 0 Å². The molecule has 32 heavy (non-hydrogen) atoms. The molecular formula is C23H29Cl2N3O4. The molecular weight excluding hydrogens is 453 g/mol. The van der Waals surface area contributed by atoms with E-state index in [4.69, 9.17) is 32.7 Å². The summed E-state index contributed by atoms with van der Waals surface area (Å²) in [6.07, 6.45) is 3.82. The first-order valence-electron chi connectivity index (χ1n) is 10.8. The third-order valence-electron chi connectivity index (χ3n) is 5.43. The molecule has 1 aromatic carbocycles. The molecule has 174 valence electrons. The van der Waals surface area contributed by atoms with Crippen LogP contribution in [0.2, 0.25) is 10.0 Å². The number of nitrogens with zero attached hydrogens (tertiary/aromatic N) is 3. The molecule has 0 amide bonds. The number of rotatable bonds is 9. The number of cyclic esters (lactones) is 1. The van der Waals surface area contributed by atoms with Crippen molar-refractivity contribution in [3.63, 3.8) is 0 Å². The zero-order chi connectivity index (χ0) is 23.4. The Bertz CT molecular complexity index is 942. The Labute approximate surface area is 198 Å². The van der Waals surface area contributed by atoms with Crippen LogP contribution in [0.3, 0.4) is 0 Å². The van der Waals surface area contributed by atoms with Gasteiger partial charge in [0.25, 0.3) is 0 Å². The molecule has 2 unspecified atom stereocenters. The first-order valence-corrected chi connectivity index (χ1v) is 11.5. The van der Waals surface area contributed by atoms with E-state index in [1.54, 1.807) is 32.4 Å². The zero-order valence-corrected chi connectivity index (χ0v) is 20.3. The van der Waals surface area contributed by atoms with Gasteiger partial charge in [-0.05, 0) is 49.9 Å². The Morgan fingerprint density at radius 2 is 1.94 bits per heavy atom. The van der Waals surface area contributed by atoms with Gasteiger partial charge in [0.2, 0.25) is 0 Å². The van der Waals surface area contributed by atoms with Crippen molar-refractivity contribution in [1.82, 2.24) is 14.5 Å². The van der Waals surface area contributed by atoms with Gasteiger partial charge < -0.3 is 14.0 Å². The average Bonchev–Trinajstić information content (AvgIpc) is 3.23. The lowest BCUT2D eigenvalue weighted by Crippen LogP contribution is -2.50. The van der Waals surface area contributed by atoms with Gasteiger partial charge in [-0.1, -0.05) is 37.0 Å². The number of hydrogen-bond acceptors (Lipinski definition) is 6. The van der Waals surface area contributed by atoms with E-state index < -0.39 is 18.3 Å². The number of aromatic nitrogens is 2. The van der Waals surface area contributed by atoms with E-state index in [2.05, 4.69) is 4.98 Å². The highest BCUT2D eigenvalue weighted by Gasteiger charge is 2.46. The molecule has 1 aliphatic rings. The molecule has 1 fully saturated rings. The second-order valence-electron chi connectivity index (χ2n) is 8.39. The van der Waals surface area contributed by atoms with Crippen molar-refractivity contribution in [2.75, 3.05) is 6.61 Å². The van der Waals surface area contributed by atoms with Gasteiger partial charge in [-0.25, -0.2) is 9.88 Å². The summed E-state index contributed by atoms with van der Waals surface area (Å²) in [5.41, 5.74) is 1.76. The Balaban J connectivity index is 1.85. The second kappa shape index (κ2) is 10.7. The Hall–Kier alpha value is -2.09. The van der Waals surface area contributed by atoms with Crippen LogP contribution in [0, 0.1) is 5.92 Å². The van der Waals surface area contributed by atoms with Gasteiger partial charge in [-0.2, -0.15) is 0 Å². The molecule has 1 aliphatic heterocycles. The fraction of sp³-hybridized carbons (Fsp3) is 0.522. The number of imidazole rings is 1. The fourth-order valence-electron chi connectivity index (χ4n) is 4.12. The maximum Gasteiger partial charge on any atom is 0.325 e. The van der Waals surface area contributed by atoms with Gasteiger partial charge in [0.15, 0.2) is 6.23 Å². The molecule has 2 aromatic rings. The van der Waals surface area contributed by atoms with Gasteiger partial charge in [0, 0.05) is 34.9 Å². The molecule has 0 aliphatic carbocycles. The Morgan fingerprint density at radius 3 is 2.56 bits per heavy atom. The molecule has 0 bridgehead atoms. The quantitative estimate of drug-likeness (QED) is 0.496. The Morgan fingerprint density at radius 1 is 1.25 bits per heavy atom. The van der Waals surface area contributed by atoms with Crippen LogP contribution in [0.25, 0.3) is 0 Å². The minimum absolute atomic E-state index is 0.242. The Kier molecular flexibility index (Phi) is 8.20. The van der Waals surface area contributed by atoms with Gasteiger partial charge in [-0.3, -0.25) is 9.59 Å². The van der Waals surface area contributed by atoms with Crippen LogP contribution < -0.4 is 0 Å². The minimum atomic E-state index is -0.614. The zero-order valence-electron chi connectivity index (χ0n) is 18.8.